The van der Waals surface area contributed by atoms with Crippen LogP contribution in [-0.4, -0.2) is 52.7 Å². The van der Waals surface area contributed by atoms with Crippen LogP contribution >= 0.6 is 11.8 Å². The summed E-state index contributed by atoms with van der Waals surface area (Å²) in [5.74, 6) is 0.486. The Hall–Kier alpha value is -2.65. The van der Waals surface area contributed by atoms with Gasteiger partial charge in [0.15, 0.2) is 9.84 Å². The van der Waals surface area contributed by atoms with Crippen LogP contribution in [0.2, 0.25) is 0 Å². The van der Waals surface area contributed by atoms with Crippen LogP contribution in [0.3, 0.4) is 0 Å². The van der Waals surface area contributed by atoms with Gasteiger partial charge >= 0.3 is 0 Å². The van der Waals surface area contributed by atoms with Crippen LogP contribution in [0.15, 0.2) is 58.2 Å². The maximum Gasteiger partial charge on any atom is 0.277 e. The van der Waals surface area contributed by atoms with Crippen molar-refractivity contribution in [2.45, 2.75) is 38.1 Å². The second-order valence-corrected chi connectivity index (χ2v) is 11.3. The molecule has 1 atom stereocenters. The lowest BCUT2D eigenvalue weighted by molar-refractivity contribution is -0.130. The quantitative estimate of drug-likeness (QED) is 0.486. The average Bonchev–Trinajstić information content (AvgIpc) is 3.36. The highest BCUT2D eigenvalue weighted by molar-refractivity contribution is 7.99. The third kappa shape index (κ3) is 5.58. The standard InChI is InChI=1S/C23H25N3O4S2/c1-16-10-17(2)12-19(11-16)22-24-25-23(30-22)31-14-21(27)26(13-18-6-4-3-5-7-18)20-8-9-32(28,29)15-20/h3-7,10-12,20H,8-9,13-15H2,1-2H3/t20-/m1/s1. The highest BCUT2D eigenvalue weighted by atomic mass is 32.2. The van der Waals surface area contributed by atoms with Gasteiger partial charge < -0.3 is 9.32 Å². The fourth-order valence-corrected chi connectivity index (χ4v) is 6.29. The van der Waals surface area contributed by atoms with Crippen molar-refractivity contribution in [1.82, 2.24) is 15.1 Å². The van der Waals surface area contributed by atoms with Crippen molar-refractivity contribution in [2.75, 3.05) is 17.3 Å². The Balaban J connectivity index is 1.46. The molecule has 1 aliphatic heterocycles. The Labute approximate surface area is 192 Å². The molecular weight excluding hydrogens is 446 g/mol. The predicted molar refractivity (Wildman–Crippen MR) is 124 cm³/mol. The Bertz CT molecular complexity index is 1190. The molecular formula is C23H25N3O4S2. The predicted octanol–water partition coefficient (Wildman–Crippen LogP) is 3.66. The Kier molecular flexibility index (Phi) is 6.66. The Morgan fingerprint density at radius 2 is 1.84 bits per heavy atom. The third-order valence-corrected chi connectivity index (χ3v) is 7.91. The van der Waals surface area contributed by atoms with Gasteiger partial charge in [0.2, 0.25) is 11.8 Å². The first-order valence-corrected chi connectivity index (χ1v) is 13.2. The summed E-state index contributed by atoms with van der Waals surface area (Å²) < 4.78 is 29.8. The molecule has 1 saturated heterocycles. The van der Waals surface area contributed by atoms with Crippen molar-refractivity contribution in [2.24, 2.45) is 0 Å². The van der Waals surface area contributed by atoms with E-state index in [0.717, 1.165) is 22.3 Å². The number of hydrogen-bond acceptors (Lipinski definition) is 7. The number of hydrogen-bond donors (Lipinski definition) is 0. The summed E-state index contributed by atoms with van der Waals surface area (Å²) >= 11 is 1.17. The van der Waals surface area contributed by atoms with Crippen LogP contribution in [0.1, 0.15) is 23.1 Å². The fraction of sp³-hybridized carbons (Fsp3) is 0.348. The Morgan fingerprint density at radius 1 is 1.12 bits per heavy atom. The number of aromatic nitrogens is 2. The molecule has 0 saturated carbocycles. The third-order valence-electron chi connectivity index (χ3n) is 5.36. The van der Waals surface area contributed by atoms with Crippen molar-refractivity contribution in [3.05, 3.63) is 65.2 Å². The average molecular weight is 472 g/mol. The normalized spacial score (nSPS) is 17.4. The van der Waals surface area contributed by atoms with Gasteiger partial charge in [0.25, 0.3) is 5.22 Å². The van der Waals surface area contributed by atoms with E-state index >= 15 is 0 Å². The first-order chi connectivity index (χ1) is 15.3. The number of amides is 1. The molecule has 168 valence electrons. The summed E-state index contributed by atoms with van der Waals surface area (Å²) in [5, 5.41) is 8.49. The molecule has 2 heterocycles. The van der Waals surface area contributed by atoms with E-state index < -0.39 is 9.84 Å². The number of sulfone groups is 1. The number of carbonyl (C=O) groups excluding carboxylic acids is 1. The van der Waals surface area contributed by atoms with Gasteiger partial charge in [-0.15, -0.1) is 10.2 Å². The van der Waals surface area contributed by atoms with Gasteiger partial charge in [0.05, 0.1) is 17.3 Å². The highest BCUT2D eigenvalue weighted by Crippen LogP contribution is 2.26. The van der Waals surface area contributed by atoms with Crippen LogP contribution in [0, 0.1) is 13.8 Å². The molecule has 1 aliphatic rings. The van der Waals surface area contributed by atoms with E-state index in [1.165, 1.54) is 11.8 Å². The first-order valence-electron chi connectivity index (χ1n) is 10.4. The molecule has 1 aromatic heterocycles. The zero-order valence-electron chi connectivity index (χ0n) is 18.0. The van der Waals surface area contributed by atoms with Gasteiger partial charge in [0.1, 0.15) is 0 Å². The maximum absolute atomic E-state index is 13.1. The van der Waals surface area contributed by atoms with Crippen LogP contribution in [0.25, 0.3) is 11.5 Å². The number of benzene rings is 2. The first kappa shape index (κ1) is 22.5. The van der Waals surface area contributed by atoms with E-state index in [1.54, 1.807) is 4.90 Å². The van der Waals surface area contributed by atoms with E-state index in [0.29, 0.717) is 24.1 Å². The van der Waals surface area contributed by atoms with E-state index in [2.05, 4.69) is 16.3 Å². The maximum atomic E-state index is 13.1. The lowest BCUT2D eigenvalue weighted by atomic mass is 10.1. The fourth-order valence-electron chi connectivity index (χ4n) is 3.91. The number of nitrogens with zero attached hydrogens (tertiary/aromatic N) is 3. The van der Waals surface area contributed by atoms with Gasteiger partial charge in [-0.05, 0) is 38.0 Å². The number of rotatable bonds is 7. The van der Waals surface area contributed by atoms with Crippen molar-refractivity contribution < 1.29 is 17.6 Å². The van der Waals surface area contributed by atoms with E-state index in [1.807, 2.05) is 56.3 Å². The van der Waals surface area contributed by atoms with Crippen molar-refractivity contribution in [3.63, 3.8) is 0 Å². The largest absolute Gasteiger partial charge is 0.411 e. The molecule has 9 heteroatoms. The van der Waals surface area contributed by atoms with Gasteiger partial charge in [-0.25, -0.2) is 8.42 Å². The van der Waals surface area contributed by atoms with Crippen LogP contribution in [0.5, 0.6) is 0 Å². The molecule has 1 amide bonds. The minimum Gasteiger partial charge on any atom is -0.411 e. The lowest BCUT2D eigenvalue weighted by Crippen LogP contribution is -2.41. The lowest BCUT2D eigenvalue weighted by Gasteiger charge is -2.28. The van der Waals surface area contributed by atoms with Gasteiger partial charge in [0, 0.05) is 18.2 Å². The second kappa shape index (κ2) is 9.46. The zero-order valence-corrected chi connectivity index (χ0v) is 19.7. The molecule has 1 fully saturated rings. The monoisotopic (exact) mass is 471 g/mol. The molecule has 0 bridgehead atoms. The molecule has 3 aromatic rings. The van der Waals surface area contributed by atoms with Crippen molar-refractivity contribution in [1.29, 1.82) is 0 Å². The molecule has 0 N–H and O–H groups in total. The summed E-state index contributed by atoms with van der Waals surface area (Å²) in [7, 11) is -3.11. The number of thioether (sulfide) groups is 1. The molecule has 0 spiro atoms. The minimum atomic E-state index is -3.11. The molecule has 2 aromatic carbocycles. The number of aryl methyl sites for hydroxylation is 2. The summed E-state index contributed by atoms with van der Waals surface area (Å²) in [6.07, 6.45) is 0.461. The van der Waals surface area contributed by atoms with Crippen LogP contribution in [-0.2, 0) is 21.2 Å². The van der Waals surface area contributed by atoms with Crippen molar-refractivity contribution >= 4 is 27.5 Å². The van der Waals surface area contributed by atoms with E-state index in [9.17, 15) is 13.2 Å². The summed E-state index contributed by atoms with van der Waals surface area (Å²) in [6.45, 7) is 4.38. The number of carbonyl (C=O) groups is 1. The van der Waals surface area contributed by atoms with Gasteiger partial charge in [-0.2, -0.15) is 0 Å². The highest BCUT2D eigenvalue weighted by Gasteiger charge is 2.34. The zero-order chi connectivity index (χ0) is 22.7. The molecule has 0 unspecified atom stereocenters. The smallest absolute Gasteiger partial charge is 0.277 e. The van der Waals surface area contributed by atoms with E-state index in [-0.39, 0.29) is 29.2 Å². The second-order valence-electron chi connectivity index (χ2n) is 8.10. The van der Waals surface area contributed by atoms with Crippen molar-refractivity contribution in [3.8, 4) is 11.5 Å². The Morgan fingerprint density at radius 3 is 2.50 bits per heavy atom. The molecule has 32 heavy (non-hydrogen) atoms. The summed E-state index contributed by atoms with van der Waals surface area (Å²) in [4.78, 5) is 14.8. The summed E-state index contributed by atoms with van der Waals surface area (Å²) in [5.41, 5.74) is 4.01. The topological polar surface area (TPSA) is 93.4 Å². The molecule has 7 nitrogen and oxygen atoms in total. The molecule has 0 aliphatic carbocycles. The molecule has 4 rings (SSSR count). The minimum absolute atomic E-state index is 0.00759. The van der Waals surface area contributed by atoms with E-state index in [4.69, 9.17) is 4.42 Å². The SMILES string of the molecule is Cc1cc(C)cc(-c2nnc(SCC(=O)N(Cc3ccccc3)[C@@H]3CCS(=O)(=O)C3)o2)c1. The van der Waals surface area contributed by atoms with Crippen LogP contribution < -0.4 is 0 Å². The summed E-state index contributed by atoms with van der Waals surface area (Å²) in [6, 6.07) is 15.3. The van der Waals surface area contributed by atoms with Gasteiger partial charge in [-0.1, -0.05) is 59.3 Å². The van der Waals surface area contributed by atoms with Gasteiger partial charge in [-0.3, -0.25) is 4.79 Å². The van der Waals surface area contributed by atoms with Crippen LogP contribution in [0.4, 0.5) is 0 Å². The molecule has 0 radical (unpaired) electrons.